The smallest absolute Gasteiger partial charge is 0.262 e. The quantitative estimate of drug-likeness (QED) is 0.580. The summed E-state index contributed by atoms with van der Waals surface area (Å²) in [6, 6.07) is 1.90. The number of thiophene rings is 1. The highest BCUT2D eigenvalue weighted by atomic mass is 32.1. The molecule has 3 aromatic rings. The van der Waals surface area contributed by atoms with Gasteiger partial charge in [-0.05, 0) is 50.7 Å². The number of methoxy groups -OCH3 is 1. The third kappa shape index (κ3) is 3.57. The second kappa shape index (κ2) is 7.88. The summed E-state index contributed by atoms with van der Waals surface area (Å²) in [6.45, 7) is 7.48. The molecule has 1 unspecified atom stereocenters. The molecule has 1 aliphatic rings. The fraction of sp³-hybridized carbons (Fsp3) is 0.500. The van der Waals surface area contributed by atoms with Gasteiger partial charge in [-0.2, -0.15) is 0 Å². The minimum atomic E-state index is -0.0939. The molecule has 0 fully saturated rings. The van der Waals surface area contributed by atoms with E-state index < -0.39 is 0 Å². The summed E-state index contributed by atoms with van der Waals surface area (Å²) in [7, 11) is 1.67. The van der Waals surface area contributed by atoms with Gasteiger partial charge in [-0.1, -0.05) is 6.92 Å². The molecule has 0 radical (unpaired) electrons. The van der Waals surface area contributed by atoms with Gasteiger partial charge in [-0.3, -0.25) is 14.2 Å². The summed E-state index contributed by atoms with van der Waals surface area (Å²) in [5.74, 6) is 0.579. The molecule has 154 valence electrons. The van der Waals surface area contributed by atoms with E-state index >= 15 is 0 Å². The van der Waals surface area contributed by atoms with Gasteiger partial charge in [0.15, 0.2) is 5.78 Å². The van der Waals surface area contributed by atoms with E-state index in [1.807, 2.05) is 19.9 Å². The summed E-state index contributed by atoms with van der Waals surface area (Å²) in [5.41, 5.74) is 3.65. The predicted molar refractivity (Wildman–Crippen MR) is 115 cm³/mol. The minimum absolute atomic E-state index is 0.0113. The van der Waals surface area contributed by atoms with E-state index in [4.69, 9.17) is 4.74 Å². The molecule has 4 rings (SSSR count). The summed E-state index contributed by atoms with van der Waals surface area (Å²) in [6.07, 6.45) is 4.56. The lowest BCUT2D eigenvalue weighted by molar-refractivity contribution is 0.0969. The zero-order valence-electron chi connectivity index (χ0n) is 17.4. The highest BCUT2D eigenvalue weighted by molar-refractivity contribution is 7.18. The van der Waals surface area contributed by atoms with Crippen molar-refractivity contribution in [3.05, 3.63) is 50.1 Å². The fourth-order valence-corrected chi connectivity index (χ4v) is 5.67. The van der Waals surface area contributed by atoms with E-state index in [0.29, 0.717) is 24.6 Å². The van der Waals surface area contributed by atoms with Crippen molar-refractivity contribution in [2.45, 2.75) is 53.1 Å². The molecule has 0 aliphatic heterocycles. The van der Waals surface area contributed by atoms with Crippen molar-refractivity contribution in [2.75, 3.05) is 13.7 Å². The van der Waals surface area contributed by atoms with Crippen LogP contribution < -0.4 is 5.56 Å². The first-order valence-corrected chi connectivity index (χ1v) is 10.9. The minimum Gasteiger partial charge on any atom is -0.383 e. The van der Waals surface area contributed by atoms with Gasteiger partial charge in [-0.25, -0.2) is 4.98 Å². The van der Waals surface area contributed by atoms with Crippen molar-refractivity contribution in [3.63, 3.8) is 0 Å². The molecule has 0 saturated carbocycles. The van der Waals surface area contributed by atoms with Crippen LogP contribution in [0.5, 0.6) is 0 Å². The number of aryl methyl sites for hydroxylation is 2. The van der Waals surface area contributed by atoms with Crippen molar-refractivity contribution in [3.8, 4) is 0 Å². The van der Waals surface area contributed by atoms with Crippen LogP contribution in [0.25, 0.3) is 10.2 Å². The van der Waals surface area contributed by atoms with Crippen molar-refractivity contribution in [2.24, 2.45) is 5.92 Å². The molecular weight excluding hydrogens is 386 g/mol. The molecule has 0 spiro atoms. The highest BCUT2D eigenvalue weighted by Gasteiger charge is 2.24. The van der Waals surface area contributed by atoms with Crippen LogP contribution in [-0.4, -0.2) is 33.6 Å². The maximum Gasteiger partial charge on any atom is 0.262 e. The van der Waals surface area contributed by atoms with Crippen LogP contribution in [0, 0.1) is 19.8 Å². The monoisotopic (exact) mass is 413 g/mol. The summed E-state index contributed by atoms with van der Waals surface area (Å²) >= 11 is 1.63. The lowest BCUT2D eigenvalue weighted by Gasteiger charge is -2.17. The Morgan fingerprint density at radius 2 is 2.17 bits per heavy atom. The first-order chi connectivity index (χ1) is 13.9. The first kappa shape index (κ1) is 20.0. The zero-order chi connectivity index (χ0) is 20.7. The fourth-order valence-electron chi connectivity index (χ4n) is 4.33. The summed E-state index contributed by atoms with van der Waals surface area (Å²) in [4.78, 5) is 32.8. The number of rotatable bonds is 6. The average molecular weight is 414 g/mol. The lowest BCUT2D eigenvalue weighted by Crippen LogP contribution is -2.25. The molecule has 1 aliphatic carbocycles. The van der Waals surface area contributed by atoms with E-state index in [2.05, 4.69) is 16.5 Å². The molecule has 6 nitrogen and oxygen atoms in total. The SMILES string of the molecule is COCCn1c(C)cc(C(=O)Cn2cnc3sc4c(c3c2=O)CCC(C)C4)c1C. The first-order valence-electron chi connectivity index (χ1n) is 10.1. The number of aromatic nitrogens is 3. The number of hydrogen-bond donors (Lipinski definition) is 0. The second-order valence-corrected chi connectivity index (χ2v) is 9.15. The number of carbonyl (C=O) groups excluding carboxylic acids is 1. The number of nitrogens with zero attached hydrogens (tertiary/aromatic N) is 3. The van der Waals surface area contributed by atoms with E-state index in [0.717, 1.165) is 46.4 Å². The van der Waals surface area contributed by atoms with Gasteiger partial charge in [0.05, 0.1) is 24.9 Å². The Morgan fingerprint density at radius 3 is 2.93 bits per heavy atom. The third-order valence-electron chi connectivity index (χ3n) is 5.99. The number of carbonyl (C=O) groups is 1. The van der Waals surface area contributed by atoms with Gasteiger partial charge in [0.25, 0.3) is 5.56 Å². The van der Waals surface area contributed by atoms with Crippen LogP contribution in [0.4, 0.5) is 0 Å². The molecule has 1 atom stereocenters. The van der Waals surface area contributed by atoms with Gasteiger partial charge in [-0.15, -0.1) is 11.3 Å². The number of Topliss-reactive ketones (excluding diaryl/α,β-unsaturated/α-hetero) is 1. The lowest BCUT2D eigenvalue weighted by atomic mass is 9.89. The maximum atomic E-state index is 13.2. The second-order valence-electron chi connectivity index (χ2n) is 8.06. The molecule has 0 aromatic carbocycles. The topological polar surface area (TPSA) is 66.1 Å². The van der Waals surface area contributed by atoms with Crippen molar-refractivity contribution < 1.29 is 9.53 Å². The van der Waals surface area contributed by atoms with Crippen molar-refractivity contribution >= 4 is 27.3 Å². The van der Waals surface area contributed by atoms with Crippen LogP contribution in [0.3, 0.4) is 0 Å². The van der Waals surface area contributed by atoms with Crippen LogP contribution in [0.1, 0.15) is 45.5 Å². The standard InChI is InChI=1S/C22H27N3O3S/c1-13-5-6-16-19(9-13)29-21-20(16)22(27)24(12-23-21)11-18(26)17-10-14(2)25(15(17)3)7-8-28-4/h10,12-13H,5-9,11H2,1-4H3. The number of ketones is 1. The van der Waals surface area contributed by atoms with Crippen molar-refractivity contribution in [1.82, 2.24) is 14.1 Å². The van der Waals surface area contributed by atoms with Crippen LogP contribution in [0.15, 0.2) is 17.2 Å². The molecule has 3 aromatic heterocycles. The van der Waals surface area contributed by atoms with E-state index in [-0.39, 0.29) is 17.9 Å². The molecule has 3 heterocycles. The van der Waals surface area contributed by atoms with E-state index in [9.17, 15) is 9.59 Å². The largest absolute Gasteiger partial charge is 0.383 e. The normalized spacial score (nSPS) is 16.3. The Bertz CT molecular complexity index is 1140. The molecule has 29 heavy (non-hydrogen) atoms. The average Bonchev–Trinajstić information content (AvgIpc) is 3.19. The zero-order valence-corrected chi connectivity index (χ0v) is 18.3. The predicted octanol–water partition coefficient (Wildman–Crippen LogP) is 3.53. The summed E-state index contributed by atoms with van der Waals surface area (Å²) < 4.78 is 8.71. The van der Waals surface area contributed by atoms with E-state index in [1.54, 1.807) is 18.4 Å². The Balaban J connectivity index is 1.66. The number of hydrogen-bond acceptors (Lipinski definition) is 5. The Kier molecular flexibility index (Phi) is 5.44. The Hall–Kier alpha value is -2.25. The highest BCUT2D eigenvalue weighted by Crippen LogP contribution is 2.35. The molecular formula is C22H27N3O3S. The third-order valence-corrected chi connectivity index (χ3v) is 7.15. The molecule has 0 N–H and O–H groups in total. The van der Waals surface area contributed by atoms with Crippen molar-refractivity contribution in [1.29, 1.82) is 0 Å². The maximum absolute atomic E-state index is 13.2. The number of ether oxygens (including phenoxy) is 1. The van der Waals surface area contributed by atoms with Gasteiger partial charge < -0.3 is 9.30 Å². The molecule has 7 heteroatoms. The molecule has 0 amide bonds. The Labute approximate surface area is 174 Å². The van der Waals surface area contributed by atoms with Gasteiger partial charge in [0, 0.05) is 35.5 Å². The van der Waals surface area contributed by atoms with Crippen LogP contribution in [0.2, 0.25) is 0 Å². The van der Waals surface area contributed by atoms with Gasteiger partial charge in [0.2, 0.25) is 0 Å². The molecule has 0 bridgehead atoms. The van der Waals surface area contributed by atoms with E-state index in [1.165, 1.54) is 15.8 Å². The molecule has 0 saturated heterocycles. The van der Waals surface area contributed by atoms with Gasteiger partial charge >= 0.3 is 0 Å². The number of fused-ring (bicyclic) bond motifs is 3. The summed E-state index contributed by atoms with van der Waals surface area (Å²) in [5, 5.41) is 0.720. The van der Waals surface area contributed by atoms with Gasteiger partial charge in [0.1, 0.15) is 4.83 Å². The van der Waals surface area contributed by atoms with Crippen LogP contribution in [-0.2, 0) is 30.7 Å². The van der Waals surface area contributed by atoms with Crippen LogP contribution >= 0.6 is 11.3 Å². The Morgan fingerprint density at radius 1 is 1.38 bits per heavy atom.